The van der Waals surface area contributed by atoms with Crippen molar-refractivity contribution >= 4 is 62.7 Å². The van der Waals surface area contributed by atoms with Gasteiger partial charge in [-0.05, 0) is 41.8 Å². The van der Waals surface area contributed by atoms with Gasteiger partial charge in [-0.3, -0.25) is 14.3 Å². The van der Waals surface area contributed by atoms with Gasteiger partial charge in [0.25, 0.3) is 5.69 Å². The van der Waals surface area contributed by atoms with E-state index in [4.69, 9.17) is 27.9 Å². The molecule has 1 heterocycles. The molecule has 0 fully saturated rings. The number of amides is 2. The summed E-state index contributed by atoms with van der Waals surface area (Å²) < 4.78 is 19.9. The quantitative estimate of drug-likeness (QED) is 0.0972. The molecule has 1 aromatic heterocycles. The van der Waals surface area contributed by atoms with Crippen LogP contribution in [0.2, 0.25) is 10.0 Å². The van der Waals surface area contributed by atoms with Gasteiger partial charge in [-0.2, -0.15) is 0 Å². The fraction of sp³-hybridized carbons (Fsp3) is 0.115. The number of benzene rings is 3. The van der Waals surface area contributed by atoms with Crippen molar-refractivity contribution < 1.29 is 18.7 Å². The van der Waals surface area contributed by atoms with Crippen LogP contribution in [0, 0.1) is 10.1 Å². The molecule has 202 valence electrons. The van der Waals surface area contributed by atoms with Crippen LogP contribution in [-0.2, 0) is 10.8 Å². The highest BCUT2D eigenvalue weighted by atomic mass is 35.5. The fourth-order valence-electron chi connectivity index (χ4n) is 3.49. The number of para-hydroxylation sites is 1. The Morgan fingerprint density at radius 1 is 0.974 bits per heavy atom. The minimum Gasteiger partial charge on any atom is -0.455 e. The number of carbonyl (C=O) groups is 1. The van der Waals surface area contributed by atoms with Crippen molar-refractivity contribution in [2.45, 2.75) is 4.21 Å². The van der Waals surface area contributed by atoms with E-state index in [2.05, 4.69) is 16.0 Å². The molecule has 13 heteroatoms. The van der Waals surface area contributed by atoms with E-state index in [1.165, 1.54) is 29.5 Å². The van der Waals surface area contributed by atoms with E-state index in [9.17, 15) is 19.1 Å². The van der Waals surface area contributed by atoms with Gasteiger partial charge in [0.2, 0.25) is 0 Å². The zero-order valence-electron chi connectivity index (χ0n) is 20.2. The first-order valence-electron chi connectivity index (χ1n) is 11.5. The van der Waals surface area contributed by atoms with E-state index in [0.29, 0.717) is 38.0 Å². The molecule has 1 unspecified atom stereocenters. The lowest BCUT2D eigenvalue weighted by Gasteiger charge is -2.13. The van der Waals surface area contributed by atoms with Gasteiger partial charge >= 0.3 is 6.03 Å². The molecule has 39 heavy (non-hydrogen) atoms. The first-order valence-corrected chi connectivity index (χ1v) is 14.5. The number of anilines is 1. The number of nitrogens with zero attached hydrogens (tertiary/aromatic N) is 1. The van der Waals surface area contributed by atoms with Crippen molar-refractivity contribution in [3.63, 3.8) is 0 Å². The van der Waals surface area contributed by atoms with Gasteiger partial charge < -0.3 is 20.7 Å². The summed E-state index contributed by atoms with van der Waals surface area (Å²) in [5, 5.41) is 21.9. The number of hydrogen-bond acceptors (Lipinski definition) is 7. The molecule has 0 radical (unpaired) electrons. The van der Waals surface area contributed by atoms with Gasteiger partial charge in [-0.1, -0.05) is 47.5 Å². The Balaban J connectivity index is 1.31. The number of halogens is 2. The number of nitrogens with one attached hydrogen (secondary N) is 3. The van der Waals surface area contributed by atoms with Gasteiger partial charge in [-0.15, -0.1) is 11.3 Å². The molecule has 0 saturated heterocycles. The molecule has 9 nitrogen and oxygen atoms in total. The average molecular weight is 606 g/mol. The Hall–Kier alpha value is -3.48. The Morgan fingerprint density at radius 2 is 1.79 bits per heavy atom. The summed E-state index contributed by atoms with van der Waals surface area (Å²) in [5.41, 5.74) is 1.75. The maximum Gasteiger partial charge on any atom is 0.319 e. The number of nitro benzene ring substituents is 1. The van der Waals surface area contributed by atoms with Gasteiger partial charge in [-0.25, -0.2) is 4.79 Å². The predicted molar refractivity (Wildman–Crippen MR) is 156 cm³/mol. The number of urea groups is 1. The summed E-state index contributed by atoms with van der Waals surface area (Å²) in [6.07, 6.45) is 0. The molecule has 4 aromatic rings. The molecule has 1 atom stereocenters. The van der Waals surface area contributed by atoms with Crippen LogP contribution in [0.5, 0.6) is 11.5 Å². The first-order chi connectivity index (χ1) is 18.8. The van der Waals surface area contributed by atoms with Crippen LogP contribution < -0.4 is 20.7 Å². The number of ether oxygens (including phenoxy) is 1. The lowest BCUT2D eigenvalue weighted by Crippen LogP contribution is -2.35. The molecule has 0 spiro atoms. The third-order valence-corrected chi connectivity index (χ3v) is 8.45. The molecule has 0 saturated carbocycles. The molecule has 2 amide bonds. The number of carbonyl (C=O) groups excluding carboxylic acids is 1. The zero-order chi connectivity index (χ0) is 27.8. The zero-order valence-corrected chi connectivity index (χ0v) is 23.3. The van der Waals surface area contributed by atoms with Crippen LogP contribution in [0.3, 0.4) is 0 Å². The van der Waals surface area contributed by atoms with Crippen LogP contribution in [0.4, 0.5) is 16.2 Å². The van der Waals surface area contributed by atoms with Crippen LogP contribution >= 0.6 is 34.5 Å². The van der Waals surface area contributed by atoms with Crippen LogP contribution in [0.25, 0.3) is 11.1 Å². The molecule has 3 aromatic carbocycles. The smallest absolute Gasteiger partial charge is 0.319 e. The molecular formula is C26H22Cl2N4O5S2. The summed E-state index contributed by atoms with van der Waals surface area (Å²) in [7, 11) is -1.36. The van der Waals surface area contributed by atoms with Crippen molar-refractivity contribution in [2.75, 3.05) is 24.3 Å². The highest BCUT2D eigenvalue weighted by Gasteiger charge is 2.17. The molecule has 3 N–H and O–H groups in total. The number of nitro groups is 1. The number of non-ortho nitro benzene ring substituents is 1. The lowest BCUT2D eigenvalue weighted by molar-refractivity contribution is -0.384. The van der Waals surface area contributed by atoms with E-state index < -0.39 is 21.8 Å². The highest BCUT2D eigenvalue weighted by Crippen LogP contribution is 2.40. The topological polar surface area (TPSA) is 123 Å². The van der Waals surface area contributed by atoms with E-state index in [0.717, 1.165) is 11.1 Å². The van der Waals surface area contributed by atoms with Crippen molar-refractivity contribution in [2.24, 2.45) is 0 Å². The van der Waals surface area contributed by atoms with Crippen LogP contribution in [0.15, 0.2) is 82.4 Å². The molecule has 0 aliphatic rings. The van der Waals surface area contributed by atoms with Gasteiger partial charge in [0.05, 0.1) is 26.6 Å². The van der Waals surface area contributed by atoms with E-state index in [1.54, 1.807) is 24.3 Å². The van der Waals surface area contributed by atoms with Gasteiger partial charge in [0.15, 0.2) is 0 Å². The third-order valence-electron chi connectivity index (χ3n) is 5.26. The minimum absolute atomic E-state index is 0.118. The van der Waals surface area contributed by atoms with Gasteiger partial charge in [0.1, 0.15) is 15.7 Å². The number of thiophene rings is 1. The summed E-state index contributed by atoms with van der Waals surface area (Å²) in [6.45, 7) is 0.622. The number of rotatable bonds is 11. The van der Waals surface area contributed by atoms with Crippen molar-refractivity contribution in [1.29, 1.82) is 0 Å². The monoisotopic (exact) mass is 604 g/mol. The summed E-state index contributed by atoms with van der Waals surface area (Å²) in [4.78, 5) is 22.4. The molecule has 4 rings (SSSR count). The predicted octanol–water partition coefficient (Wildman–Crippen LogP) is 6.90. The molecule has 0 bridgehead atoms. The Kier molecular flexibility index (Phi) is 9.90. The van der Waals surface area contributed by atoms with Crippen LogP contribution in [0.1, 0.15) is 0 Å². The maximum atomic E-state index is 13.1. The molecule has 0 aliphatic heterocycles. The second-order valence-corrected chi connectivity index (χ2v) is 11.4. The summed E-state index contributed by atoms with van der Waals surface area (Å²) in [6, 6.07) is 19.4. The SMILES string of the molecule is O=C(NCCNCS(=O)c1sccc1-c1ccccc1Oc1ccc(Cl)cc1Cl)Nc1cccc([N+](=O)[O-])c1. The second kappa shape index (κ2) is 13.5. The van der Waals surface area contributed by atoms with E-state index in [1.807, 2.05) is 35.7 Å². The summed E-state index contributed by atoms with van der Waals surface area (Å²) in [5.74, 6) is 1.19. The minimum atomic E-state index is -1.36. The second-order valence-electron chi connectivity index (χ2n) is 7.97. The fourth-order valence-corrected chi connectivity index (χ4v) is 6.23. The van der Waals surface area contributed by atoms with Crippen molar-refractivity contribution in [3.05, 3.63) is 98.3 Å². The lowest BCUT2D eigenvalue weighted by atomic mass is 10.1. The van der Waals surface area contributed by atoms with Crippen molar-refractivity contribution in [3.8, 4) is 22.6 Å². The van der Waals surface area contributed by atoms with Crippen LogP contribution in [-0.4, -0.2) is 34.1 Å². The highest BCUT2D eigenvalue weighted by molar-refractivity contribution is 7.87. The maximum absolute atomic E-state index is 13.1. The Labute approximate surface area is 240 Å². The van der Waals surface area contributed by atoms with E-state index in [-0.39, 0.29) is 18.1 Å². The number of hydrogen-bond donors (Lipinski definition) is 3. The average Bonchev–Trinajstić information content (AvgIpc) is 3.40. The molecule has 0 aliphatic carbocycles. The third kappa shape index (κ3) is 7.78. The first kappa shape index (κ1) is 28.5. The van der Waals surface area contributed by atoms with Crippen molar-refractivity contribution in [1.82, 2.24) is 10.6 Å². The summed E-state index contributed by atoms with van der Waals surface area (Å²) >= 11 is 13.6. The molecular weight excluding hydrogens is 583 g/mol. The normalized spacial score (nSPS) is 11.5. The Morgan fingerprint density at radius 3 is 2.59 bits per heavy atom. The van der Waals surface area contributed by atoms with E-state index >= 15 is 0 Å². The largest absolute Gasteiger partial charge is 0.455 e. The Bertz CT molecular complexity index is 1520. The standard InChI is InChI=1S/C26H22Cl2N4O5S2/c27-17-8-9-24(22(28)14-17)37-23-7-2-1-6-20(23)21-10-13-38-25(21)39(36)16-29-11-12-30-26(33)31-18-4-3-5-19(15-18)32(34)35/h1-10,13-15,29H,11-12,16H2,(H2,30,31,33). The van der Waals surface area contributed by atoms with Gasteiger partial charge in [0, 0.05) is 47.1 Å².